The molecule has 1 saturated heterocycles. The molecular formula is C15H22N2O2. The van der Waals surface area contributed by atoms with Gasteiger partial charge in [0.25, 0.3) is 0 Å². The van der Waals surface area contributed by atoms with Crippen LogP contribution in [0.4, 0.5) is 5.69 Å². The van der Waals surface area contributed by atoms with Gasteiger partial charge in [0.2, 0.25) is 0 Å². The number of carbonyl (C=O) groups excluding carboxylic acids is 1. The van der Waals surface area contributed by atoms with Gasteiger partial charge in [-0.05, 0) is 44.9 Å². The van der Waals surface area contributed by atoms with Crippen molar-refractivity contribution in [2.75, 3.05) is 25.1 Å². The number of benzene rings is 1. The van der Waals surface area contributed by atoms with Crippen molar-refractivity contribution in [3.8, 4) is 0 Å². The summed E-state index contributed by atoms with van der Waals surface area (Å²) in [5.41, 5.74) is 7.37. The van der Waals surface area contributed by atoms with Crippen molar-refractivity contribution < 1.29 is 9.53 Å². The minimum absolute atomic E-state index is 0.00810. The first kappa shape index (κ1) is 13.9. The maximum Gasteiger partial charge on any atom is 0.339 e. The molecule has 1 atom stereocenters. The van der Waals surface area contributed by atoms with Crippen LogP contribution in [-0.2, 0) is 4.74 Å². The zero-order valence-electron chi connectivity index (χ0n) is 11.8. The maximum absolute atomic E-state index is 11.9. The highest BCUT2D eigenvalue weighted by Crippen LogP contribution is 2.38. The van der Waals surface area contributed by atoms with Crippen molar-refractivity contribution in [2.24, 2.45) is 11.7 Å². The molecule has 4 heteroatoms. The molecule has 1 aliphatic rings. The predicted octanol–water partition coefficient (Wildman–Crippen LogP) is 2.04. The minimum atomic E-state index is -0.289. The monoisotopic (exact) mass is 262 g/mol. The quantitative estimate of drug-likeness (QED) is 0.847. The number of nitrogens with two attached hydrogens (primary N) is 1. The van der Waals surface area contributed by atoms with Gasteiger partial charge in [-0.3, -0.25) is 0 Å². The first-order chi connectivity index (χ1) is 8.99. The fourth-order valence-electron chi connectivity index (χ4n) is 2.96. The summed E-state index contributed by atoms with van der Waals surface area (Å²) in [6.45, 7) is 5.95. The van der Waals surface area contributed by atoms with Gasteiger partial charge >= 0.3 is 5.97 Å². The van der Waals surface area contributed by atoms with Crippen LogP contribution < -0.4 is 10.6 Å². The van der Waals surface area contributed by atoms with E-state index in [4.69, 9.17) is 10.5 Å². The Kier molecular flexibility index (Phi) is 3.80. The van der Waals surface area contributed by atoms with Crippen molar-refractivity contribution in [3.05, 3.63) is 29.8 Å². The van der Waals surface area contributed by atoms with Crippen molar-refractivity contribution in [1.29, 1.82) is 0 Å². The highest BCUT2D eigenvalue weighted by Gasteiger charge is 2.39. The average Bonchev–Trinajstić information content (AvgIpc) is 2.73. The van der Waals surface area contributed by atoms with Crippen LogP contribution in [-0.4, -0.2) is 31.7 Å². The summed E-state index contributed by atoms with van der Waals surface area (Å²) in [6, 6.07) is 7.60. The Balaban J connectivity index is 2.39. The standard InChI is InChI=1S/C15H22N2O2/c1-15(2)8-11(9-16)10-17(15)13-7-5-4-6-12(13)14(18)19-3/h4-7,11H,8-10,16H2,1-3H3. The lowest BCUT2D eigenvalue weighted by molar-refractivity contribution is 0.0601. The highest BCUT2D eigenvalue weighted by atomic mass is 16.5. The Morgan fingerprint density at radius 2 is 2.16 bits per heavy atom. The number of nitrogens with zero attached hydrogens (tertiary/aromatic N) is 1. The van der Waals surface area contributed by atoms with Crippen LogP contribution in [0, 0.1) is 5.92 Å². The summed E-state index contributed by atoms with van der Waals surface area (Å²) in [7, 11) is 1.41. The number of esters is 1. The Bertz CT molecular complexity index is 471. The van der Waals surface area contributed by atoms with Gasteiger partial charge in [0.05, 0.1) is 18.4 Å². The fourth-order valence-corrected chi connectivity index (χ4v) is 2.96. The first-order valence-electron chi connectivity index (χ1n) is 6.64. The predicted molar refractivity (Wildman–Crippen MR) is 76.4 cm³/mol. The van der Waals surface area contributed by atoms with Crippen LogP contribution in [0.25, 0.3) is 0 Å². The first-order valence-corrected chi connectivity index (χ1v) is 6.64. The highest BCUT2D eigenvalue weighted by molar-refractivity contribution is 5.96. The van der Waals surface area contributed by atoms with Crippen LogP contribution >= 0.6 is 0 Å². The molecule has 0 aromatic heterocycles. The molecule has 0 radical (unpaired) electrons. The minimum Gasteiger partial charge on any atom is -0.465 e. The van der Waals surface area contributed by atoms with Gasteiger partial charge < -0.3 is 15.4 Å². The number of methoxy groups -OCH3 is 1. The summed E-state index contributed by atoms with van der Waals surface area (Å²) in [5.74, 6) is 0.184. The van der Waals surface area contributed by atoms with Gasteiger partial charge in [-0.1, -0.05) is 12.1 Å². The number of ether oxygens (including phenoxy) is 1. The lowest BCUT2D eigenvalue weighted by Gasteiger charge is -2.34. The molecule has 4 nitrogen and oxygen atoms in total. The third-order valence-corrected chi connectivity index (χ3v) is 3.89. The summed E-state index contributed by atoms with van der Waals surface area (Å²) < 4.78 is 4.87. The Morgan fingerprint density at radius 1 is 1.47 bits per heavy atom. The number of hydrogen-bond acceptors (Lipinski definition) is 4. The van der Waals surface area contributed by atoms with Crippen LogP contribution in [0.2, 0.25) is 0 Å². The SMILES string of the molecule is COC(=O)c1ccccc1N1CC(CN)CC1(C)C. The Morgan fingerprint density at radius 3 is 2.74 bits per heavy atom. The summed E-state index contributed by atoms with van der Waals surface area (Å²) in [4.78, 5) is 14.2. The van der Waals surface area contributed by atoms with Gasteiger partial charge in [0.15, 0.2) is 0 Å². The molecule has 1 aliphatic heterocycles. The summed E-state index contributed by atoms with van der Waals surface area (Å²) >= 11 is 0. The van der Waals surface area contributed by atoms with Crippen molar-refractivity contribution in [1.82, 2.24) is 0 Å². The average molecular weight is 262 g/mol. The van der Waals surface area contributed by atoms with Crippen molar-refractivity contribution >= 4 is 11.7 Å². The van der Waals surface area contributed by atoms with E-state index >= 15 is 0 Å². The second-order valence-corrected chi connectivity index (χ2v) is 5.74. The van der Waals surface area contributed by atoms with E-state index < -0.39 is 0 Å². The molecule has 1 fully saturated rings. The second-order valence-electron chi connectivity index (χ2n) is 5.74. The molecular weight excluding hydrogens is 240 g/mol. The molecule has 1 aromatic rings. The Labute approximate surface area is 114 Å². The van der Waals surface area contributed by atoms with Gasteiger partial charge in [0, 0.05) is 12.1 Å². The second kappa shape index (κ2) is 5.21. The lowest BCUT2D eigenvalue weighted by atomic mass is 9.96. The van der Waals surface area contributed by atoms with Gasteiger partial charge in [-0.25, -0.2) is 4.79 Å². The van der Waals surface area contributed by atoms with E-state index in [1.165, 1.54) is 7.11 Å². The largest absolute Gasteiger partial charge is 0.465 e. The molecule has 0 bridgehead atoms. The zero-order valence-corrected chi connectivity index (χ0v) is 11.8. The molecule has 0 spiro atoms. The number of rotatable bonds is 3. The van der Waals surface area contributed by atoms with Crippen LogP contribution in [0.5, 0.6) is 0 Å². The molecule has 19 heavy (non-hydrogen) atoms. The van der Waals surface area contributed by atoms with E-state index in [0.29, 0.717) is 18.0 Å². The van der Waals surface area contributed by atoms with E-state index in [1.54, 1.807) is 0 Å². The zero-order chi connectivity index (χ0) is 14.0. The van der Waals surface area contributed by atoms with Gasteiger partial charge in [-0.15, -0.1) is 0 Å². The number of carbonyl (C=O) groups is 1. The number of anilines is 1. The number of para-hydroxylation sites is 1. The molecule has 1 heterocycles. The Hall–Kier alpha value is -1.55. The summed E-state index contributed by atoms with van der Waals surface area (Å²) in [5, 5.41) is 0. The molecule has 1 aromatic carbocycles. The van der Waals surface area contributed by atoms with Gasteiger partial charge in [0.1, 0.15) is 0 Å². The molecule has 1 unspecified atom stereocenters. The van der Waals surface area contributed by atoms with Gasteiger partial charge in [-0.2, -0.15) is 0 Å². The van der Waals surface area contributed by atoms with E-state index in [1.807, 2.05) is 24.3 Å². The molecule has 0 aliphatic carbocycles. The van der Waals surface area contributed by atoms with E-state index in [9.17, 15) is 4.79 Å². The van der Waals surface area contributed by atoms with Crippen molar-refractivity contribution in [3.63, 3.8) is 0 Å². The van der Waals surface area contributed by atoms with E-state index in [-0.39, 0.29) is 11.5 Å². The smallest absolute Gasteiger partial charge is 0.339 e. The topological polar surface area (TPSA) is 55.6 Å². The lowest BCUT2D eigenvalue weighted by Crippen LogP contribution is -2.39. The van der Waals surface area contributed by atoms with Crippen LogP contribution in [0.1, 0.15) is 30.6 Å². The van der Waals surface area contributed by atoms with E-state index in [2.05, 4.69) is 18.7 Å². The van der Waals surface area contributed by atoms with Crippen molar-refractivity contribution in [2.45, 2.75) is 25.8 Å². The normalized spacial score (nSPS) is 21.5. The molecule has 2 rings (SSSR count). The fraction of sp³-hybridized carbons (Fsp3) is 0.533. The van der Waals surface area contributed by atoms with Crippen LogP contribution in [0.15, 0.2) is 24.3 Å². The van der Waals surface area contributed by atoms with Crippen LogP contribution in [0.3, 0.4) is 0 Å². The molecule has 0 saturated carbocycles. The third kappa shape index (κ3) is 2.59. The third-order valence-electron chi connectivity index (χ3n) is 3.89. The molecule has 104 valence electrons. The maximum atomic E-state index is 11.9. The molecule has 2 N–H and O–H groups in total. The van der Waals surface area contributed by atoms with E-state index in [0.717, 1.165) is 18.7 Å². The number of hydrogen-bond donors (Lipinski definition) is 1. The summed E-state index contributed by atoms with van der Waals surface area (Å²) in [6.07, 6.45) is 1.04. The molecule has 0 amide bonds.